The number of carbonyl (C=O) groups is 3. The average Bonchev–Trinajstić information content (AvgIpc) is 2.89. The molecule has 1 unspecified atom stereocenters. The summed E-state index contributed by atoms with van der Waals surface area (Å²) >= 11 is 1.09. The largest absolute Gasteiger partial charge is 0.462 e. The minimum atomic E-state index is -0.544. The minimum absolute atomic E-state index is 0.0930. The molecule has 1 aromatic rings. The highest BCUT2D eigenvalue weighted by molar-refractivity contribution is 7.18. The van der Waals surface area contributed by atoms with Gasteiger partial charge in [-0.2, -0.15) is 0 Å². The Labute approximate surface area is 163 Å². The predicted octanol–water partition coefficient (Wildman–Crippen LogP) is 0.223. The molecule has 2 amide bonds. The summed E-state index contributed by atoms with van der Waals surface area (Å²) in [7, 11) is 1.52. The highest BCUT2D eigenvalue weighted by Crippen LogP contribution is 2.33. The number of hydrogen-bond donors (Lipinski definition) is 3. The van der Waals surface area contributed by atoms with Crippen molar-refractivity contribution in [3.05, 3.63) is 16.0 Å². The van der Waals surface area contributed by atoms with E-state index in [9.17, 15) is 14.4 Å². The molecule has 0 aliphatic carbocycles. The maximum absolute atomic E-state index is 12.6. The molecule has 0 radical (unpaired) electrons. The van der Waals surface area contributed by atoms with Gasteiger partial charge in [0, 0.05) is 7.05 Å². The first kappa shape index (κ1) is 21.3. The Morgan fingerprint density at radius 3 is 2.44 bits per heavy atom. The fourth-order valence-corrected chi connectivity index (χ4v) is 4.47. The lowest BCUT2D eigenvalue weighted by atomic mass is 10.1. The number of nitrogens with one attached hydrogen (secondary N) is 3. The molecule has 1 aromatic heterocycles. The van der Waals surface area contributed by atoms with Crippen molar-refractivity contribution in [3.63, 3.8) is 0 Å². The van der Waals surface area contributed by atoms with Crippen molar-refractivity contribution >= 4 is 34.1 Å². The van der Waals surface area contributed by atoms with Crippen LogP contribution in [0.5, 0.6) is 0 Å². The van der Waals surface area contributed by atoms with Crippen LogP contribution in [0.15, 0.2) is 0 Å². The van der Waals surface area contributed by atoms with E-state index in [4.69, 9.17) is 9.47 Å². The molecule has 27 heavy (non-hydrogen) atoms. The van der Waals surface area contributed by atoms with Crippen LogP contribution in [0.25, 0.3) is 0 Å². The number of anilines is 1. The first-order valence-electron chi connectivity index (χ1n) is 9.08. The zero-order valence-electron chi connectivity index (χ0n) is 16.4. The maximum Gasteiger partial charge on any atom is 0.341 e. The highest BCUT2D eigenvalue weighted by Gasteiger charge is 2.29. The van der Waals surface area contributed by atoms with Crippen LogP contribution in [0.1, 0.15) is 46.4 Å². The number of morpholine rings is 1. The second-order valence-corrected chi connectivity index (χ2v) is 7.72. The first-order chi connectivity index (χ1) is 12.8. The standard InChI is InChI=1S/C18H27N3O5S/c1-6-25-18(24)14-12(4)15(16(23)19-5)27-17(14)20-13(22)9-21-7-10(2)26-11(3)8-21/h10-11H,6-9H2,1-5H3,(H,19,23)(H,20,22)/p+1/t10-,11+. The molecule has 9 heteroatoms. The van der Waals surface area contributed by atoms with Crippen LogP contribution in [0.3, 0.4) is 0 Å². The van der Waals surface area contributed by atoms with E-state index in [0.29, 0.717) is 15.4 Å². The van der Waals surface area contributed by atoms with Crippen molar-refractivity contribution in [2.45, 2.75) is 39.9 Å². The number of rotatable bonds is 6. The number of esters is 1. The van der Waals surface area contributed by atoms with Crippen molar-refractivity contribution < 1.29 is 28.8 Å². The third kappa shape index (κ3) is 5.27. The summed E-state index contributed by atoms with van der Waals surface area (Å²) in [5.41, 5.74) is 0.751. The molecule has 2 heterocycles. The van der Waals surface area contributed by atoms with Crippen molar-refractivity contribution in [1.82, 2.24) is 5.32 Å². The molecular weight excluding hydrogens is 370 g/mol. The van der Waals surface area contributed by atoms with Crippen molar-refractivity contribution in [1.29, 1.82) is 0 Å². The number of quaternary nitrogens is 1. The molecule has 3 N–H and O–H groups in total. The molecule has 0 aromatic carbocycles. The Morgan fingerprint density at radius 2 is 1.89 bits per heavy atom. The van der Waals surface area contributed by atoms with E-state index in [0.717, 1.165) is 29.3 Å². The lowest BCUT2D eigenvalue weighted by molar-refractivity contribution is -0.907. The smallest absolute Gasteiger partial charge is 0.341 e. The summed E-state index contributed by atoms with van der Waals surface area (Å²) in [6.07, 6.45) is 0.186. The van der Waals surface area contributed by atoms with Crippen LogP contribution in [-0.2, 0) is 14.3 Å². The molecule has 1 aliphatic heterocycles. The third-order valence-corrected chi connectivity index (χ3v) is 5.55. The van der Waals surface area contributed by atoms with Crippen LogP contribution < -0.4 is 15.5 Å². The van der Waals surface area contributed by atoms with E-state index in [2.05, 4.69) is 10.6 Å². The van der Waals surface area contributed by atoms with E-state index in [1.54, 1.807) is 13.8 Å². The molecule has 0 spiro atoms. The molecule has 2 rings (SSSR count). The Kier molecular flexibility index (Phi) is 7.34. The molecule has 1 saturated heterocycles. The van der Waals surface area contributed by atoms with Gasteiger partial charge in [0.25, 0.3) is 11.8 Å². The fraction of sp³-hybridized carbons (Fsp3) is 0.611. The molecule has 150 valence electrons. The number of carbonyl (C=O) groups excluding carboxylic acids is 3. The molecule has 1 fully saturated rings. The molecule has 0 saturated carbocycles. The summed E-state index contributed by atoms with van der Waals surface area (Å²) in [5, 5.41) is 5.71. The summed E-state index contributed by atoms with van der Waals surface area (Å²) in [4.78, 5) is 38.5. The fourth-order valence-electron chi connectivity index (χ4n) is 3.31. The number of ether oxygens (including phenoxy) is 2. The van der Waals surface area contributed by atoms with E-state index >= 15 is 0 Å². The van der Waals surface area contributed by atoms with E-state index < -0.39 is 5.97 Å². The second-order valence-electron chi connectivity index (χ2n) is 6.70. The molecule has 0 bridgehead atoms. The lowest BCUT2D eigenvalue weighted by Crippen LogP contribution is -3.16. The molecule has 3 atom stereocenters. The quantitative estimate of drug-likeness (QED) is 0.596. The van der Waals surface area contributed by atoms with Gasteiger partial charge in [-0.25, -0.2) is 4.79 Å². The Bertz CT molecular complexity index is 708. The SMILES string of the molecule is CCOC(=O)c1c(NC(=O)C[NH+]2C[C@@H](C)O[C@@H](C)C2)sc(C(=O)NC)c1C. The lowest BCUT2D eigenvalue weighted by Gasteiger charge is -2.31. The van der Waals surface area contributed by atoms with Gasteiger partial charge in [0.05, 0.1) is 17.0 Å². The van der Waals surface area contributed by atoms with Gasteiger partial charge >= 0.3 is 5.97 Å². The van der Waals surface area contributed by atoms with Crippen molar-refractivity contribution in [3.8, 4) is 0 Å². The van der Waals surface area contributed by atoms with Crippen LogP contribution in [0.2, 0.25) is 0 Å². The Morgan fingerprint density at radius 1 is 1.26 bits per heavy atom. The predicted molar refractivity (Wildman–Crippen MR) is 103 cm³/mol. The van der Waals surface area contributed by atoms with Gasteiger partial charge < -0.3 is 25.0 Å². The zero-order chi connectivity index (χ0) is 20.1. The minimum Gasteiger partial charge on any atom is -0.462 e. The third-order valence-electron chi connectivity index (χ3n) is 4.34. The van der Waals surface area contributed by atoms with Crippen LogP contribution in [0.4, 0.5) is 5.00 Å². The normalized spacial score (nSPS) is 22.2. The first-order valence-corrected chi connectivity index (χ1v) is 9.89. The second kappa shape index (κ2) is 9.29. The summed E-state index contributed by atoms with van der Waals surface area (Å²) < 4.78 is 10.8. The van der Waals surface area contributed by atoms with E-state index in [1.807, 2.05) is 13.8 Å². The van der Waals surface area contributed by atoms with Crippen LogP contribution in [-0.4, -0.2) is 63.3 Å². The van der Waals surface area contributed by atoms with Gasteiger partial charge in [-0.3, -0.25) is 9.59 Å². The van der Waals surface area contributed by atoms with Gasteiger partial charge in [0.15, 0.2) is 6.54 Å². The maximum atomic E-state index is 12.6. The van der Waals surface area contributed by atoms with E-state index in [1.165, 1.54) is 7.05 Å². The molecular formula is C18H28N3O5S+. The zero-order valence-corrected chi connectivity index (χ0v) is 17.2. The Hall–Kier alpha value is -1.97. The molecule has 8 nitrogen and oxygen atoms in total. The number of thiophene rings is 1. The van der Waals surface area contributed by atoms with Crippen molar-refractivity contribution in [2.24, 2.45) is 0 Å². The summed E-state index contributed by atoms with van der Waals surface area (Å²) in [6.45, 7) is 9.35. The summed E-state index contributed by atoms with van der Waals surface area (Å²) in [6, 6.07) is 0. The topological polar surface area (TPSA) is 98.2 Å². The van der Waals surface area contributed by atoms with Gasteiger partial charge in [0.1, 0.15) is 30.3 Å². The number of hydrogen-bond acceptors (Lipinski definition) is 6. The van der Waals surface area contributed by atoms with E-state index in [-0.39, 0.29) is 42.7 Å². The average molecular weight is 399 g/mol. The van der Waals surface area contributed by atoms with Gasteiger partial charge in [-0.05, 0) is 33.3 Å². The monoisotopic (exact) mass is 398 g/mol. The van der Waals surface area contributed by atoms with Gasteiger partial charge in [-0.1, -0.05) is 0 Å². The van der Waals surface area contributed by atoms with Gasteiger partial charge in [-0.15, -0.1) is 11.3 Å². The molecule has 1 aliphatic rings. The number of amides is 2. The van der Waals surface area contributed by atoms with Gasteiger partial charge in [0.2, 0.25) is 0 Å². The summed E-state index contributed by atoms with van der Waals surface area (Å²) in [5.74, 6) is -1.05. The Balaban J connectivity index is 2.19. The van der Waals surface area contributed by atoms with Crippen molar-refractivity contribution in [2.75, 3.05) is 38.6 Å². The van der Waals surface area contributed by atoms with Crippen LogP contribution >= 0.6 is 11.3 Å². The van der Waals surface area contributed by atoms with Crippen LogP contribution in [0, 0.1) is 6.92 Å². The highest BCUT2D eigenvalue weighted by atomic mass is 32.1.